The highest BCUT2D eigenvalue weighted by Crippen LogP contribution is 2.35. The van der Waals surface area contributed by atoms with Gasteiger partial charge in [-0.15, -0.1) is 12.4 Å². The molecule has 0 unspecified atom stereocenters. The molecule has 0 saturated carbocycles. The number of phenols is 1. The third-order valence-corrected chi connectivity index (χ3v) is 3.36. The zero-order valence-corrected chi connectivity index (χ0v) is 12.8. The van der Waals surface area contributed by atoms with Gasteiger partial charge < -0.3 is 15.6 Å². The quantitative estimate of drug-likeness (QED) is 0.838. The summed E-state index contributed by atoms with van der Waals surface area (Å²) in [5.41, 5.74) is 7.66. The van der Waals surface area contributed by atoms with Gasteiger partial charge in [-0.05, 0) is 44.4 Å². The molecule has 5 heteroatoms. The summed E-state index contributed by atoms with van der Waals surface area (Å²) in [7, 11) is 1.35. The van der Waals surface area contributed by atoms with Crippen molar-refractivity contribution in [1.82, 2.24) is 0 Å². The standard InChI is InChI=1S/C14H21NO3.ClH/c1-8-6-10(7-9(2)11(8)16)12(15)14(3,4)13(17)18-5;/h6-7,12,16H,15H2,1-5H3;1H/t12-;/m0./s1. The number of hydrogen-bond acceptors (Lipinski definition) is 4. The summed E-state index contributed by atoms with van der Waals surface area (Å²) in [5.74, 6) is -0.0831. The Balaban J connectivity index is 0.00000324. The molecule has 1 atom stereocenters. The lowest BCUT2D eigenvalue weighted by atomic mass is 9.80. The van der Waals surface area contributed by atoms with Gasteiger partial charge in [-0.25, -0.2) is 0 Å². The van der Waals surface area contributed by atoms with E-state index in [1.165, 1.54) is 7.11 Å². The van der Waals surface area contributed by atoms with Crippen LogP contribution in [0.4, 0.5) is 0 Å². The maximum absolute atomic E-state index is 11.7. The number of benzene rings is 1. The molecule has 108 valence electrons. The van der Waals surface area contributed by atoms with E-state index in [9.17, 15) is 9.90 Å². The molecular weight excluding hydrogens is 266 g/mol. The van der Waals surface area contributed by atoms with Crippen LogP contribution >= 0.6 is 12.4 Å². The van der Waals surface area contributed by atoms with Crippen LogP contribution in [0.25, 0.3) is 0 Å². The second-order valence-electron chi connectivity index (χ2n) is 5.19. The fraction of sp³-hybridized carbons (Fsp3) is 0.500. The van der Waals surface area contributed by atoms with Crippen LogP contribution in [0, 0.1) is 19.3 Å². The van der Waals surface area contributed by atoms with Crippen LogP contribution in [0.3, 0.4) is 0 Å². The van der Waals surface area contributed by atoms with Gasteiger partial charge in [0.1, 0.15) is 5.75 Å². The number of halogens is 1. The summed E-state index contributed by atoms with van der Waals surface area (Å²) >= 11 is 0. The molecule has 19 heavy (non-hydrogen) atoms. The number of aryl methyl sites for hydroxylation is 2. The second-order valence-corrected chi connectivity index (χ2v) is 5.19. The molecule has 1 rings (SSSR count). The van der Waals surface area contributed by atoms with Crippen molar-refractivity contribution < 1.29 is 14.6 Å². The Morgan fingerprint density at radius 3 is 2.11 bits per heavy atom. The number of nitrogens with two attached hydrogens (primary N) is 1. The fourth-order valence-corrected chi connectivity index (χ4v) is 1.98. The van der Waals surface area contributed by atoms with Crippen LogP contribution < -0.4 is 5.73 Å². The highest BCUT2D eigenvalue weighted by atomic mass is 35.5. The summed E-state index contributed by atoms with van der Waals surface area (Å²) < 4.78 is 4.77. The topological polar surface area (TPSA) is 72.5 Å². The Labute approximate surface area is 120 Å². The number of phenolic OH excluding ortho intramolecular Hbond substituents is 1. The largest absolute Gasteiger partial charge is 0.507 e. The van der Waals surface area contributed by atoms with Crippen LogP contribution in [0.15, 0.2) is 12.1 Å². The van der Waals surface area contributed by atoms with E-state index < -0.39 is 11.5 Å². The molecule has 3 N–H and O–H groups in total. The van der Waals surface area contributed by atoms with E-state index >= 15 is 0 Å². The van der Waals surface area contributed by atoms with Crippen LogP contribution in [0.5, 0.6) is 5.75 Å². The van der Waals surface area contributed by atoms with Gasteiger partial charge in [-0.2, -0.15) is 0 Å². The number of esters is 1. The van der Waals surface area contributed by atoms with E-state index in [2.05, 4.69) is 0 Å². The van der Waals surface area contributed by atoms with Gasteiger partial charge in [0.05, 0.1) is 12.5 Å². The number of methoxy groups -OCH3 is 1. The average Bonchev–Trinajstić information content (AvgIpc) is 2.33. The highest BCUT2D eigenvalue weighted by molar-refractivity contribution is 5.85. The lowest BCUT2D eigenvalue weighted by molar-refractivity contribution is -0.152. The molecule has 1 aromatic carbocycles. The molecule has 0 aromatic heterocycles. The number of carbonyl (C=O) groups excluding carboxylic acids is 1. The van der Waals surface area contributed by atoms with E-state index in [4.69, 9.17) is 10.5 Å². The van der Waals surface area contributed by atoms with Crippen molar-refractivity contribution in [3.05, 3.63) is 28.8 Å². The minimum Gasteiger partial charge on any atom is -0.507 e. The fourth-order valence-electron chi connectivity index (χ4n) is 1.98. The molecule has 0 bridgehead atoms. The molecule has 0 aliphatic rings. The third-order valence-electron chi connectivity index (χ3n) is 3.36. The van der Waals surface area contributed by atoms with E-state index in [0.717, 1.165) is 16.7 Å². The Hall–Kier alpha value is -1.26. The zero-order chi connectivity index (χ0) is 14.1. The first kappa shape index (κ1) is 17.7. The zero-order valence-electron chi connectivity index (χ0n) is 12.0. The van der Waals surface area contributed by atoms with Crippen LogP contribution in [-0.4, -0.2) is 18.2 Å². The van der Waals surface area contributed by atoms with E-state index in [-0.39, 0.29) is 24.1 Å². The first-order valence-corrected chi connectivity index (χ1v) is 5.86. The Morgan fingerprint density at radius 2 is 1.74 bits per heavy atom. The molecule has 0 amide bonds. The Bertz CT molecular complexity index is 449. The Morgan fingerprint density at radius 1 is 1.32 bits per heavy atom. The van der Waals surface area contributed by atoms with Crippen molar-refractivity contribution in [2.75, 3.05) is 7.11 Å². The minimum atomic E-state index is -0.815. The van der Waals surface area contributed by atoms with E-state index in [1.54, 1.807) is 26.0 Å². The first-order chi connectivity index (χ1) is 8.21. The van der Waals surface area contributed by atoms with Crippen LogP contribution in [0.2, 0.25) is 0 Å². The molecule has 1 aromatic rings. The van der Waals surface area contributed by atoms with Gasteiger partial charge in [0.2, 0.25) is 0 Å². The van der Waals surface area contributed by atoms with Gasteiger partial charge in [-0.3, -0.25) is 4.79 Å². The number of carbonyl (C=O) groups is 1. The van der Waals surface area contributed by atoms with Crippen LogP contribution in [0.1, 0.15) is 36.6 Å². The van der Waals surface area contributed by atoms with Crippen LogP contribution in [-0.2, 0) is 9.53 Å². The molecule has 0 aliphatic heterocycles. The van der Waals surface area contributed by atoms with Crippen molar-refractivity contribution in [2.45, 2.75) is 33.7 Å². The monoisotopic (exact) mass is 287 g/mol. The molecule has 0 spiro atoms. The summed E-state index contributed by atoms with van der Waals surface area (Å²) in [5, 5.41) is 9.74. The maximum atomic E-state index is 11.7. The molecular formula is C14H22ClNO3. The average molecular weight is 288 g/mol. The maximum Gasteiger partial charge on any atom is 0.313 e. The van der Waals surface area contributed by atoms with Gasteiger partial charge >= 0.3 is 5.97 Å². The van der Waals surface area contributed by atoms with Crippen molar-refractivity contribution in [1.29, 1.82) is 0 Å². The van der Waals surface area contributed by atoms with Gasteiger partial charge in [0, 0.05) is 6.04 Å². The summed E-state index contributed by atoms with van der Waals surface area (Å²) in [6.07, 6.45) is 0. The normalized spacial score (nSPS) is 12.5. The molecule has 0 aliphatic carbocycles. The highest BCUT2D eigenvalue weighted by Gasteiger charge is 2.36. The van der Waals surface area contributed by atoms with Crippen molar-refractivity contribution in [3.8, 4) is 5.75 Å². The minimum absolute atomic E-state index is 0. The van der Waals surface area contributed by atoms with Crippen molar-refractivity contribution >= 4 is 18.4 Å². The summed E-state index contributed by atoms with van der Waals surface area (Å²) in [6, 6.07) is 3.12. The smallest absolute Gasteiger partial charge is 0.313 e. The van der Waals surface area contributed by atoms with E-state index in [0.29, 0.717) is 0 Å². The lowest BCUT2D eigenvalue weighted by Crippen LogP contribution is -2.37. The molecule has 0 heterocycles. The number of ether oxygens (including phenoxy) is 1. The second kappa shape index (κ2) is 6.26. The molecule has 4 nitrogen and oxygen atoms in total. The van der Waals surface area contributed by atoms with Crippen molar-refractivity contribution in [3.63, 3.8) is 0 Å². The van der Waals surface area contributed by atoms with Gasteiger partial charge in [-0.1, -0.05) is 12.1 Å². The van der Waals surface area contributed by atoms with Crippen molar-refractivity contribution in [2.24, 2.45) is 11.1 Å². The first-order valence-electron chi connectivity index (χ1n) is 5.86. The Kier molecular flexibility index (Phi) is 5.84. The molecule has 0 radical (unpaired) electrons. The third kappa shape index (κ3) is 3.39. The van der Waals surface area contributed by atoms with Gasteiger partial charge in [0.25, 0.3) is 0 Å². The van der Waals surface area contributed by atoms with E-state index in [1.807, 2.05) is 13.8 Å². The SMILES string of the molecule is COC(=O)C(C)(C)[C@@H](N)c1cc(C)c(O)c(C)c1.Cl. The molecule has 0 saturated heterocycles. The molecule has 0 fully saturated rings. The lowest BCUT2D eigenvalue weighted by Gasteiger charge is -2.29. The van der Waals surface area contributed by atoms with Gasteiger partial charge in [0.15, 0.2) is 0 Å². The summed E-state index contributed by atoms with van der Waals surface area (Å²) in [6.45, 7) is 7.12. The number of aromatic hydroxyl groups is 1. The predicted octanol–water partition coefficient (Wildman–Crippen LogP) is 2.63. The number of hydrogen-bond donors (Lipinski definition) is 2. The predicted molar refractivity (Wildman–Crippen MR) is 77.6 cm³/mol. The number of rotatable bonds is 3. The summed E-state index contributed by atoms with van der Waals surface area (Å²) in [4.78, 5) is 11.7.